The Labute approximate surface area is 119 Å². The Kier molecular flexibility index (Phi) is 4.32. The van der Waals surface area contributed by atoms with E-state index in [4.69, 9.17) is 0 Å². The second kappa shape index (κ2) is 5.97. The van der Waals surface area contributed by atoms with Gasteiger partial charge in [-0.05, 0) is 48.4 Å². The Morgan fingerprint density at radius 2 is 1.89 bits per heavy atom. The number of aryl methyl sites for hydroxylation is 1. The van der Waals surface area contributed by atoms with Gasteiger partial charge >= 0.3 is 0 Å². The van der Waals surface area contributed by atoms with E-state index in [0.29, 0.717) is 12.1 Å². The average molecular weight is 322 g/mol. The number of benzene rings is 2. The summed E-state index contributed by atoms with van der Waals surface area (Å²) in [5.74, 6) is -0.418. The smallest absolute Gasteiger partial charge is 0.251 e. The zero-order valence-electron chi connectivity index (χ0n) is 10.4. The molecule has 0 heterocycles. The topological polar surface area (TPSA) is 29.1 Å². The van der Waals surface area contributed by atoms with Gasteiger partial charge in [-0.3, -0.25) is 4.79 Å². The lowest BCUT2D eigenvalue weighted by Gasteiger charge is -2.07. The standard InChI is InChI=1S/C15H13BrFNO/c1-10-8-12(4-7-14(10)16)15(19)18-9-11-2-5-13(17)6-3-11/h2-8H,9H2,1H3,(H,18,19). The molecule has 19 heavy (non-hydrogen) atoms. The zero-order valence-corrected chi connectivity index (χ0v) is 12.0. The third-order valence-corrected chi connectivity index (χ3v) is 3.68. The van der Waals surface area contributed by atoms with Crippen LogP contribution >= 0.6 is 15.9 Å². The highest BCUT2D eigenvalue weighted by molar-refractivity contribution is 9.10. The minimum Gasteiger partial charge on any atom is -0.348 e. The van der Waals surface area contributed by atoms with Gasteiger partial charge in [0.1, 0.15) is 5.82 Å². The molecule has 0 fully saturated rings. The van der Waals surface area contributed by atoms with E-state index < -0.39 is 0 Å². The van der Waals surface area contributed by atoms with Crippen molar-refractivity contribution in [2.45, 2.75) is 13.5 Å². The summed E-state index contributed by atoms with van der Waals surface area (Å²) >= 11 is 3.39. The molecular weight excluding hydrogens is 309 g/mol. The van der Waals surface area contributed by atoms with Gasteiger partial charge in [0.05, 0.1) is 0 Å². The summed E-state index contributed by atoms with van der Waals surface area (Å²) in [5, 5.41) is 2.80. The largest absolute Gasteiger partial charge is 0.348 e. The average Bonchev–Trinajstić information content (AvgIpc) is 2.41. The number of halogens is 2. The van der Waals surface area contributed by atoms with Crippen molar-refractivity contribution in [2.24, 2.45) is 0 Å². The van der Waals surface area contributed by atoms with Crippen molar-refractivity contribution in [3.8, 4) is 0 Å². The molecule has 0 atom stereocenters. The van der Waals surface area contributed by atoms with E-state index in [9.17, 15) is 9.18 Å². The van der Waals surface area contributed by atoms with Crippen LogP contribution in [0.1, 0.15) is 21.5 Å². The maximum Gasteiger partial charge on any atom is 0.251 e. The molecule has 98 valence electrons. The van der Waals surface area contributed by atoms with Crippen LogP contribution in [0, 0.1) is 12.7 Å². The summed E-state index contributed by atoms with van der Waals surface area (Å²) in [6.45, 7) is 2.31. The van der Waals surface area contributed by atoms with Crippen molar-refractivity contribution >= 4 is 21.8 Å². The van der Waals surface area contributed by atoms with Gasteiger partial charge in [-0.15, -0.1) is 0 Å². The summed E-state index contributed by atoms with van der Waals surface area (Å²) in [4.78, 5) is 11.9. The first-order valence-electron chi connectivity index (χ1n) is 5.85. The molecule has 0 spiro atoms. The van der Waals surface area contributed by atoms with Crippen LogP contribution in [-0.2, 0) is 6.54 Å². The zero-order chi connectivity index (χ0) is 13.8. The third kappa shape index (κ3) is 3.64. The molecule has 0 aliphatic rings. The molecule has 2 aromatic carbocycles. The first-order chi connectivity index (χ1) is 9.06. The maximum atomic E-state index is 12.7. The van der Waals surface area contributed by atoms with Crippen molar-refractivity contribution in [2.75, 3.05) is 0 Å². The third-order valence-electron chi connectivity index (χ3n) is 2.79. The number of carbonyl (C=O) groups is 1. The molecule has 0 unspecified atom stereocenters. The van der Waals surface area contributed by atoms with Crippen molar-refractivity contribution in [1.29, 1.82) is 0 Å². The Balaban J connectivity index is 2.01. The van der Waals surface area contributed by atoms with Crippen molar-refractivity contribution in [1.82, 2.24) is 5.32 Å². The van der Waals surface area contributed by atoms with E-state index in [1.165, 1.54) is 12.1 Å². The molecule has 2 rings (SSSR count). The highest BCUT2D eigenvalue weighted by Crippen LogP contribution is 2.17. The molecule has 0 saturated carbocycles. The molecule has 1 amide bonds. The van der Waals surface area contributed by atoms with E-state index >= 15 is 0 Å². The van der Waals surface area contributed by atoms with E-state index in [-0.39, 0.29) is 11.7 Å². The van der Waals surface area contributed by atoms with Gasteiger partial charge in [0.15, 0.2) is 0 Å². The Morgan fingerprint density at radius 1 is 1.21 bits per heavy atom. The predicted molar refractivity (Wildman–Crippen MR) is 76.4 cm³/mol. The van der Waals surface area contributed by atoms with Gasteiger partial charge in [-0.1, -0.05) is 28.1 Å². The van der Waals surface area contributed by atoms with E-state index in [0.717, 1.165) is 15.6 Å². The summed E-state index contributed by atoms with van der Waals surface area (Å²) in [6.07, 6.45) is 0. The molecule has 2 aromatic rings. The van der Waals surface area contributed by atoms with Crippen molar-refractivity contribution in [3.63, 3.8) is 0 Å². The molecule has 2 nitrogen and oxygen atoms in total. The minimum atomic E-state index is -0.279. The van der Waals surface area contributed by atoms with Gasteiger partial charge in [0.25, 0.3) is 5.91 Å². The van der Waals surface area contributed by atoms with Gasteiger partial charge < -0.3 is 5.32 Å². The molecule has 4 heteroatoms. The predicted octanol–water partition coefficient (Wildman–Crippen LogP) is 3.83. The van der Waals surface area contributed by atoms with Crippen molar-refractivity contribution in [3.05, 3.63) is 69.4 Å². The Bertz CT molecular complexity index is 596. The molecule has 0 bridgehead atoms. The number of hydrogen-bond acceptors (Lipinski definition) is 1. The van der Waals surface area contributed by atoms with Crippen LogP contribution < -0.4 is 5.32 Å². The van der Waals surface area contributed by atoms with Crippen LogP contribution in [0.5, 0.6) is 0 Å². The highest BCUT2D eigenvalue weighted by Gasteiger charge is 2.06. The van der Waals surface area contributed by atoms with Crippen molar-refractivity contribution < 1.29 is 9.18 Å². The van der Waals surface area contributed by atoms with Crippen LogP contribution in [0.3, 0.4) is 0 Å². The molecule has 0 aliphatic heterocycles. The molecule has 0 radical (unpaired) electrons. The second-order valence-electron chi connectivity index (χ2n) is 4.27. The Hall–Kier alpha value is -1.68. The maximum absolute atomic E-state index is 12.7. The lowest BCUT2D eigenvalue weighted by atomic mass is 10.1. The van der Waals surface area contributed by atoms with Gasteiger partial charge in [-0.2, -0.15) is 0 Å². The van der Waals surface area contributed by atoms with Crippen LogP contribution in [0.25, 0.3) is 0 Å². The van der Waals surface area contributed by atoms with Crippen LogP contribution in [0.15, 0.2) is 46.9 Å². The summed E-state index contributed by atoms with van der Waals surface area (Å²) in [7, 11) is 0. The number of rotatable bonds is 3. The monoisotopic (exact) mass is 321 g/mol. The first-order valence-corrected chi connectivity index (χ1v) is 6.64. The SMILES string of the molecule is Cc1cc(C(=O)NCc2ccc(F)cc2)ccc1Br. The lowest BCUT2D eigenvalue weighted by molar-refractivity contribution is 0.0951. The van der Waals surface area contributed by atoms with Crippen LogP contribution in [0.2, 0.25) is 0 Å². The molecule has 0 aliphatic carbocycles. The summed E-state index contributed by atoms with van der Waals surface area (Å²) < 4.78 is 13.7. The van der Waals surface area contributed by atoms with E-state index in [2.05, 4.69) is 21.2 Å². The minimum absolute atomic E-state index is 0.139. The fraction of sp³-hybridized carbons (Fsp3) is 0.133. The molecule has 0 saturated heterocycles. The molecule has 0 aromatic heterocycles. The number of hydrogen-bond donors (Lipinski definition) is 1. The lowest BCUT2D eigenvalue weighted by Crippen LogP contribution is -2.22. The van der Waals surface area contributed by atoms with Crippen LogP contribution in [0.4, 0.5) is 4.39 Å². The van der Waals surface area contributed by atoms with Gasteiger partial charge in [0.2, 0.25) is 0 Å². The quantitative estimate of drug-likeness (QED) is 0.914. The van der Waals surface area contributed by atoms with Gasteiger partial charge in [0, 0.05) is 16.6 Å². The number of amides is 1. The fourth-order valence-corrected chi connectivity index (χ4v) is 1.92. The molecule has 1 N–H and O–H groups in total. The number of carbonyl (C=O) groups excluding carboxylic acids is 1. The van der Waals surface area contributed by atoms with E-state index in [1.807, 2.05) is 19.1 Å². The summed E-state index contributed by atoms with van der Waals surface area (Å²) in [6, 6.07) is 11.5. The fourth-order valence-electron chi connectivity index (χ4n) is 1.67. The van der Waals surface area contributed by atoms with Gasteiger partial charge in [-0.25, -0.2) is 4.39 Å². The normalized spacial score (nSPS) is 10.3. The van der Waals surface area contributed by atoms with Crippen LogP contribution in [-0.4, -0.2) is 5.91 Å². The summed E-state index contributed by atoms with van der Waals surface area (Å²) in [5.41, 5.74) is 2.49. The first kappa shape index (κ1) is 13.7. The van der Waals surface area contributed by atoms with E-state index in [1.54, 1.807) is 18.2 Å². The Morgan fingerprint density at radius 3 is 2.53 bits per heavy atom. The highest BCUT2D eigenvalue weighted by atomic mass is 79.9. The number of nitrogens with one attached hydrogen (secondary N) is 1. The second-order valence-corrected chi connectivity index (χ2v) is 5.13. The molecular formula is C15H13BrFNO.